The Balaban J connectivity index is 4.20. The minimum atomic E-state index is 0.0833. The van der Waals surface area contributed by atoms with Gasteiger partial charge in [-0.3, -0.25) is 9.59 Å². The van der Waals surface area contributed by atoms with Crippen LogP contribution in [0.25, 0.3) is 0 Å². The number of quaternary nitrogens is 2. The molecule has 0 aliphatic rings. The van der Waals surface area contributed by atoms with Gasteiger partial charge in [0.15, 0.2) is 13.1 Å². The van der Waals surface area contributed by atoms with Crippen molar-refractivity contribution in [2.75, 3.05) is 79.7 Å². The lowest BCUT2D eigenvalue weighted by Crippen LogP contribution is -2.53. The second-order valence-electron chi connectivity index (χ2n) is 14.0. The lowest BCUT2D eigenvalue weighted by molar-refractivity contribution is -0.903. The molecule has 0 rings (SSSR count). The average molecular weight is 629 g/mol. The van der Waals surface area contributed by atoms with Gasteiger partial charge in [-0.2, -0.15) is 0 Å². The van der Waals surface area contributed by atoms with Crippen LogP contribution in [0.1, 0.15) is 142 Å². The number of nitrogens with one attached hydrogen (secondary N) is 2. The van der Waals surface area contributed by atoms with Crippen LogP contribution in [0, 0.1) is 0 Å². The number of aliphatic hydroxyl groups excluding tert-OH is 2. The standard InChI is InChI=1S/C36H74N4O4/c1-5-7-9-11-13-15-17-21-25-37-35(43)33-39(3,29-31-41)27-23-19-20-24-28-40(4,30-32-42)34-36(44)38-26-22-18-16-14-12-10-8-6-2/h41-42H,5-34H2,1-4H3/p+2. The predicted molar refractivity (Wildman–Crippen MR) is 185 cm³/mol. The van der Waals surface area contributed by atoms with Crippen molar-refractivity contribution in [3.8, 4) is 0 Å². The highest BCUT2D eigenvalue weighted by Crippen LogP contribution is 2.12. The molecule has 0 spiro atoms. The van der Waals surface area contributed by atoms with Crippen molar-refractivity contribution >= 4 is 11.8 Å². The largest absolute Gasteiger partial charge is 0.391 e. The van der Waals surface area contributed by atoms with Gasteiger partial charge in [0.25, 0.3) is 11.8 Å². The summed E-state index contributed by atoms with van der Waals surface area (Å²) < 4.78 is 1.13. The maximum atomic E-state index is 12.6. The Kier molecular flexibility index (Phi) is 28.4. The van der Waals surface area contributed by atoms with E-state index in [-0.39, 0.29) is 25.0 Å². The predicted octanol–water partition coefficient (Wildman–Crippen LogP) is 5.94. The van der Waals surface area contributed by atoms with E-state index in [4.69, 9.17) is 0 Å². The topological polar surface area (TPSA) is 98.7 Å². The average Bonchev–Trinajstić information content (AvgIpc) is 2.97. The van der Waals surface area contributed by atoms with Crippen LogP contribution < -0.4 is 10.6 Å². The van der Waals surface area contributed by atoms with E-state index in [9.17, 15) is 19.8 Å². The summed E-state index contributed by atoms with van der Waals surface area (Å²) in [6.07, 6.45) is 24.2. The van der Waals surface area contributed by atoms with Gasteiger partial charge in [-0.15, -0.1) is 0 Å². The van der Waals surface area contributed by atoms with Gasteiger partial charge in [-0.1, -0.05) is 104 Å². The van der Waals surface area contributed by atoms with Crippen molar-refractivity contribution in [1.29, 1.82) is 0 Å². The second-order valence-corrected chi connectivity index (χ2v) is 14.0. The van der Waals surface area contributed by atoms with Gasteiger partial charge >= 0.3 is 0 Å². The van der Waals surface area contributed by atoms with E-state index in [1.54, 1.807) is 0 Å². The van der Waals surface area contributed by atoms with Gasteiger partial charge in [-0.05, 0) is 38.5 Å². The van der Waals surface area contributed by atoms with E-state index in [0.29, 0.717) is 35.1 Å². The summed E-state index contributed by atoms with van der Waals surface area (Å²) in [5.41, 5.74) is 0. The zero-order chi connectivity index (χ0) is 32.8. The van der Waals surface area contributed by atoms with Gasteiger partial charge in [0.05, 0.1) is 40.4 Å². The van der Waals surface area contributed by atoms with Crippen molar-refractivity contribution in [1.82, 2.24) is 10.6 Å². The highest BCUT2D eigenvalue weighted by Gasteiger charge is 2.26. The third-order valence-corrected chi connectivity index (χ3v) is 9.18. The summed E-state index contributed by atoms with van der Waals surface area (Å²) in [4.78, 5) is 25.3. The number of carbonyl (C=O) groups excluding carboxylic acids is 2. The number of likely N-dealkylation sites (N-methyl/N-ethyl adjacent to an activating group) is 2. The zero-order valence-electron chi connectivity index (χ0n) is 29.8. The molecular weight excluding hydrogens is 552 g/mol. The second kappa shape index (κ2) is 29.2. The Morgan fingerprint density at radius 2 is 0.750 bits per heavy atom. The fourth-order valence-corrected chi connectivity index (χ4v) is 6.14. The number of aliphatic hydroxyl groups is 2. The van der Waals surface area contributed by atoms with Crippen LogP contribution in [0.3, 0.4) is 0 Å². The summed E-state index contributed by atoms with van der Waals surface area (Å²) in [5, 5.41) is 25.5. The fourth-order valence-electron chi connectivity index (χ4n) is 6.14. The molecule has 0 bridgehead atoms. The SMILES string of the molecule is CCCCCCCCCCNC(=O)C[N+](C)(CCO)CCCCCC[N+](C)(CCO)CC(=O)NCCCCCCCCCC. The molecule has 4 N–H and O–H groups in total. The molecule has 0 fully saturated rings. The molecule has 2 amide bonds. The molecule has 262 valence electrons. The van der Waals surface area contributed by atoms with E-state index in [2.05, 4.69) is 38.6 Å². The molecule has 8 nitrogen and oxygen atoms in total. The first-order chi connectivity index (χ1) is 21.2. The Bertz CT molecular complexity index is 625. The molecule has 0 saturated carbocycles. The molecule has 0 saturated heterocycles. The molecule has 8 heteroatoms. The summed E-state index contributed by atoms with van der Waals surface area (Å²) >= 11 is 0. The summed E-state index contributed by atoms with van der Waals surface area (Å²) in [5.74, 6) is 0.170. The maximum Gasteiger partial charge on any atom is 0.275 e. The van der Waals surface area contributed by atoms with Crippen LogP contribution in [0.15, 0.2) is 0 Å². The van der Waals surface area contributed by atoms with Crippen LogP contribution in [-0.4, -0.2) is 111 Å². The number of nitrogens with zero attached hydrogens (tertiary/aromatic N) is 2. The summed E-state index contributed by atoms with van der Waals surface area (Å²) in [6, 6.07) is 0. The van der Waals surface area contributed by atoms with Gasteiger partial charge in [0.2, 0.25) is 0 Å². The van der Waals surface area contributed by atoms with Gasteiger partial charge in [0.1, 0.15) is 13.1 Å². The first-order valence-electron chi connectivity index (χ1n) is 18.7. The van der Waals surface area contributed by atoms with E-state index in [1.165, 1.54) is 89.9 Å². The zero-order valence-corrected chi connectivity index (χ0v) is 29.8. The Morgan fingerprint density at radius 3 is 1.07 bits per heavy atom. The highest BCUT2D eigenvalue weighted by molar-refractivity contribution is 5.77. The third kappa shape index (κ3) is 26.0. The Hall–Kier alpha value is -1.22. The number of rotatable bonds is 33. The van der Waals surface area contributed by atoms with Crippen molar-refractivity contribution in [2.24, 2.45) is 0 Å². The molecule has 0 aliphatic carbocycles. The van der Waals surface area contributed by atoms with E-state index in [1.807, 2.05) is 0 Å². The molecule has 0 aliphatic heterocycles. The number of unbranched alkanes of at least 4 members (excludes halogenated alkanes) is 17. The number of amides is 2. The molecule has 0 aromatic rings. The van der Waals surface area contributed by atoms with Gasteiger partial charge < -0.3 is 29.8 Å². The Morgan fingerprint density at radius 1 is 0.455 bits per heavy atom. The molecular formula is C36H76N4O4+2. The monoisotopic (exact) mass is 629 g/mol. The van der Waals surface area contributed by atoms with Crippen LogP contribution in [0.5, 0.6) is 0 Å². The minimum absolute atomic E-state index is 0.0833. The minimum Gasteiger partial charge on any atom is -0.391 e. The smallest absolute Gasteiger partial charge is 0.275 e. The quantitative estimate of drug-likeness (QED) is 0.0534. The van der Waals surface area contributed by atoms with Crippen LogP contribution >= 0.6 is 0 Å². The molecule has 0 aromatic heterocycles. The number of hydrogen-bond acceptors (Lipinski definition) is 4. The van der Waals surface area contributed by atoms with Crippen LogP contribution in [0.2, 0.25) is 0 Å². The molecule has 2 unspecified atom stereocenters. The third-order valence-electron chi connectivity index (χ3n) is 9.18. The van der Waals surface area contributed by atoms with Gasteiger partial charge in [-0.25, -0.2) is 0 Å². The summed E-state index contributed by atoms with van der Waals surface area (Å²) in [6.45, 7) is 9.89. The highest BCUT2D eigenvalue weighted by atomic mass is 16.3. The molecule has 44 heavy (non-hydrogen) atoms. The van der Waals surface area contributed by atoms with E-state index in [0.717, 1.165) is 64.7 Å². The van der Waals surface area contributed by atoms with Crippen molar-refractivity contribution in [3.05, 3.63) is 0 Å². The molecule has 2 atom stereocenters. The fraction of sp³-hybridized carbons (Fsp3) is 0.944. The number of hydrogen-bond donors (Lipinski definition) is 4. The molecule has 0 radical (unpaired) electrons. The Labute approximate surface area is 272 Å². The lowest BCUT2D eigenvalue weighted by atomic mass is 10.1. The molecule has 0 aromatic carbocycles. The van der Waals surface area contributed by atoms with Crippen molar-refractivity contribution in [2.45, 2.75) is 142 Å². The van der Waals surface area contributed by atoms with E-state index >= 15 is 0 Å². The molecule has 0 heterocycles. The van der Waals surface area contributed by atoms with Crippen LogP contribution in [-0.2, 0) is 9.59 Å². The van der Waals surface area contributed by atoms with E-state index < -0.39 is 0 Å². The first-order valence-corrected chi connectivity index (χ1v) is 18.7. The normalized spacial score (nSPS) is 14.2. The summed E-state index contributed by atoms with van der Waals surface area (Å²) in [7, 11) is 4.15. The van der Waals surface area contributed by atoms with Crippen molar-refractivity contribution in [3.63, 3.8) is 0 Å². The maximum absolute atomic E-state index is 12.6. The lowest BCUT2D eigenvalue weighted by Gasteiger charge is -2.34. The number of carbonyl (C=O) groups is 2. The van der Waals surface area contributed by atoms with Crippen molar-refractivity contribution < 1.29 is 28.8 Å². The van der Waals surface area contributed by atoms with Crippen LogP contribution in [0.4, 0.5) is 0 Å². The van der Waals surface area contributed by atoms with Gasteiger partial charge in [0, 0.05) is 13.1 Å². The first kappa shape index (κ1) is 42.8.